The number of thiazole rings is 1. The van der Waals surface area contributed by atoms with Gasteiger partial charge < -0.3 is 4.74 Å². The van der Waals surface area contributed by atoms with E-state index in [1.165, 1.54) is 18.4 Å². The fraction of sp³-hybridized carbons (Fsp3) is 0.600. The first kappa shape index (κ1) is 14.0. The van der Waals surface area contributed by atoms with Gasteiger partial charge in [0.1, 0.15) is 0 Å². The summed E-state index contributed by atoms with van der Waals surface area (Å²) in [5, 5.41) is 2.12. The van der Waals surface area contributed by atoms with Crippen LogP contribution < -0.4 is 0 Å². The van der Waals surface area contributed by atoms with E-state index in [2.05, 4.69) is 9.72 Å². The summed E-state index contributed by atoms with van der Waals surface area (Å²) in [6.45, 7) is 0. The lowest BCUT2D eigenvalue weighted by Gasteiger charge is -2.02. The Morgan fingerprint density at radius 2 is 2.18 bits per heavy atom. The quantitative estimate of drug-likeness (QED) is 0.770. The van der Waals surface area contributed by atoms with Gasteiger partial charge in [-0.1, -0.05) is 0 Å². The second-order valence-electron chi connectivity index (χ2n) is 3.42. The van der Waals surface area contributed by atoms with Crippen molar-refractivity contribution < 1.29 is 22.7 Å². The molecule has 0 saturated heterocycles. The Hall–Kier alpha value is -1.11. The highest BCUT2D eigenvalue weighted by atomic mass is 32.1. The van der Waals surface area contributed by atoms with Crippen molar-refractivity contribution >= 4 is 17.3 Å². The molecule has 0 unspecified atom stereocenters. The van der Waals surface area contributed by atoms with Gasteiger partial charge in [0.2, 0.25) is 0 Å². The van der Waals surface area contributed by atoms with Crippen LogP contribution in [0.2, 0.25) is 0 Å². The van der Waals surface area contributed by atoms with Crippen molar-refractivity contribution in [2.45, 2.75) is 31.9 Å². The van der Waals surface area contributed by atoms with Gasteiger partial charge in [0, 0.05) is 24.6 Å². The standard InChI is InChI=1S/C10H12F3NO2S/c1-16-9(15)3-2-7-6-17-8(14-7)4-5-10(11,12)13/h6H,2-5H2,1H3. The molecule has 0 amide bonds. The first-order valence-electron chi connectivity index (χ1n) is 4.97. The van der Waals surface area contributed by atoms with E-state index >= 15 is 0 Å². The lowest BCUT2D eigenvalue weighted by Crippen LogP contribution is -2.08. The van der Waals surface area contributed by atoms with Crippen molar-refractivity contribution in [1.82, 2.24) is 4.98 Å². The zero-order valence-electron chi connectivity index (χ0n) is 9.21. The van der Waals surface area contributed by atoms with Crippen LogP contribution in [0.15, 0.2) is 5.38 Å². The van der Waals surface area contributed by atoms with Crippen LogP contribution in [0.25, 0.3) is 0 Å². The summed E-state index contributed by atoms with van der Waals surface area (Å²) in [5.74, 6) is -0.352. The van der Waals surface area contributed by atoms with E-state index in [1.54, 1.807) is 5.38 Å². The highest BCUT2D eigenvalue weighted by Crippen LogP contribution is 2.23. The number of aryl methyl sites for hydroxylation is 2. The van der Waals surface area contributed by atoms with Gasteiger partial charge in [-0.15, -0.1) is 11.3 Å². The minimum atomic E-state index is -4.15. The molecule has 17 heavy (non-hydrogen) atoms. The third-order valence-corrected chi connectivity index (χ3v) is 2.99. The molecule has 0 bridgehead atoms. The zero-order valence-corrected chi connectivity index (χ0v) is 10.0. The third kappa shape index (κ3) is 5.67. The third-order valence-electron chi connectivity index (χ3n) is 2.03. The number of hydrogen-bond donors (Lipinski definition) is 0. The normalized spacial score (nSPS) is 11.5. The highest BCUT2D eigenvalue weighted by Gasteiger charge is 2.27. The minimum absolute atomic E-state index is 0.105. The predicted molar refractivity (Wildman–Crippen MR) is 56.8 cm³/mol. The van der Waals surface area contributed by atoms with Crippen LogP contribution >= 0.6 is 11.3 Å². The Morgan fingerprint density at radius 3 is 2.76 bits per heavy atom. The molecule has 0 N–H and O–H groups in total. The van der Waals surface area contributed by atoms with Crippen LogP contribution in [0.5, 0.6) is 0 Å². The maximum absolute atomic E-state index is 12.0. The molecule has 0 radical (unpaired) electrons. The van der Waals surface area contributed by atoms with Crippen LogP contribution in [0.1, 0.15) is 23.5 Å². The fourth-order valence-electron chi connectivity index (χ4n) is 1.16. The number of ether oxygens (including phenoxy) is 1. The van der Waals surface area contributed by atoms with E-state index in [0.717, 1.165) is 0 Å². The Morgan fingerprint density at radius 1 is 1.47 bits per heavy atom. The van der Waals surface area contributed by atoms with E-state index in [9.17, 15) is 18.0 Å². The molecule has 0 saturated carbocycles. The number of nitrogens with zero attached hydrogens (tertiary/aromatic N) is 1. The molecule has 0 aromatic carbocycles. The summed E-state index contributed by atoms with van der Waals surface area (Å²) >= 11 is 1.19. The predicted octanol–water partition coefficient (Wildman–Crippen LogP) is 2.74. The summed E-state index contributed by atoms with van der Waals surface area (Å²) in [4.78, 5) is 14.9. The second kappa shape index (κ2) is 6.00. The van der Waals surface area contributed by atoms with Gasteiger partial charge in [-0.25, -0.2) is 4.98 Å². The smallest absolute Gasteiger partial charge is 0.389 e. The monoisotopic (exact) mass is 267 g/mol. The number of methoxy groups -OCH3 is 1. The first-order chi connectivity index (χ1) is 7.90. The molecule has 96 valence electrons. The number of aromatic nitrogens is 1. The fourth-order valence-corrected chi connectivity index (χ4v) is 1.99. The molecule has 0 fully saturated rings. The minimum Gasteiger partial charge on any atom is -0.469 e. The summed E-state index contributed by atoms with van der Waals surface area (Å²) in [6, 6.07) is 0. The largest absolute Gasteiger partial charge is 0.469 e. The average molecular weight is 267 g/mol. The Labute approximate surface area is 101 Å². The van der Waals surface area contributed by atoms with Gasteiger partial charge in [-0.05, 0) is 0 Å². The number of alkyl halides is 3. The van der Waals surface area contributed by atoms with E-state index in [0.29, 0.717) is 17.1 Å². The summed E-state index contributed by atoms with van der Waals surface area (Å²) in [6.07, 6.45) is -4.53. The van der Waals surface area contributed by atoms with Crippen LogP contribution in [-0.4, -0.2) is 24.2 Å². The topological polar surface area (TPSA) is 39.2 Å². The average Bonchev–Trinajstić information content (AvgIpc) is 2.70. The van der Waals surface area contributed by atoms with Crippen molar-refractivity contribution in [3.05, 3.63) is 16.1 Å². The number of rotatable bonds is 5. The zero-order chi connectivity index (χ0) is 12.9. The lowest BCUT2D eigenvalue weighted by molar-refractivity contribution is -0.140. The Bertz CT molecular complexity index is 376. The summed E-state index contributed by atoms with van der Waals surface area (Å²) < 4.78 is 40.3. The number of halogens is 3. The van der Waals surface area contributed by atoms with Gasteiger partial charge in [-0.2, -0.15) is 13.2 Å². The molecule has 0 atom stereocenters. The summed E-state index contributed by atoms with van der Waals surface area (Å²) in [5.41, 5.74) is 0.637. The van der Waals surface area contributed by atoms with Crippen LogP contribution in [0.3, 0.4) is 0 Å². The van der Waals surface area contributed by atoms with Crippen molar-refractivity contribution in [2.75, 3.05) is 7.11 Å². The maximum atomic E-state index is 12.0. The highest BCUT2D eigenvalue weighted by molar-refractivity contribution is 7.09. The van der Waals surface area contributed by atoms with Crippen LogP contribution in [0, 0.1) is 0 Å². The molecule has 1 heterocycles. The Kier molecular flexibility index (Phi) is 4.92. The summed E-state index contributed by atoms with van der Waals surface area (Å²) in [7, 11) is 1.29. The van der Waals surface area contributed by atoms with Crippen molar-refractivity contribution in [3.8, 4) is 0 Å². The molecule has 1 aromatic heterocycles. The first-order valence-corrected chi connectivity index (χ1v) is 5.85. The molecular formula is C10H12F3NO2S. The molecule has 0 aliphatic rings. The molecular weight excluding hydrogens is 255 g/mol. The van der Waals surface area contributed by atoms with Gasteiger partial charge in [0.05, 0.1) is 24.2 Å². The van der Waals surface area contributed by atoms with Crippen LogP contribution in [-0.2, 0) is 22.4 Å². The maximum Gasteiger partial charge on any atom is 0.389 e. The van der Waals surface area contributed by atoms with Crippen molar-refractivity contribution in [1.29, 1.82) is 0 Å². The number of esters is 1. The van der Waals surface area contributed by atoms with Crippen molar-refractivity contribution in [2.24, 2.45) is 0 Å². The molecule has 0 aliphatic heterocycles. The molecule has 1 aromatic rings. The SMILES string of the molecule is COC(=O)CCc1csc(CCC(F)(F)F)n1. The molecule has 3 nitrogen and oxygen atoms in total. The van der Waals surface area contributed by atoms with Crippen molar-refractivity contribution in [3.63, 3.8) is 0 Å². The van der Waals surface area contributed by atoms with Gasteiger partial charge in [0.15, 0.2) is 0 Å². The molecule has 1 rings (SSSR count). The van der Waals surface area contributed by atoms with E-state index in [-0.39, 0.29) is 18.8 Å². The van der Waals surface area contributed by atoms with Crippen LogP contribution in [0.4, 0.5) is 13.2 Å². The van der Waals surface area contributed by atoms with E-state index in [1.807, 2.05) is 0 Å². The molecule has 0 aliphatic carbocycles. The molecule has 7 heteroatoms. The number of carbonyl (C=O) groups is 1. The van der Waals surface area contributed by atoms with Gasteiger partial charge in [0.25, 0.3) is 0 Å². The lowest BCUT2D eigenvalue weighted by atomic mass is 10.2. The van der Waals surface area contributed by atoms with Gasteiger partial charge in [-0.3, -0.25) is 4.79 Å². The second-order valence-corrected chi connectivity index (χ2v) is 4.37. The van der Waals surface area contributed by atoms with Gasteiger partial charge >= 0.3 is 12.1 Å². The molecule has 0 spiro atoms. The Balaban J connectivity index is 2.40. The van der Waals surface area contributed by atoms with E-state index in [4.69, 9.17) is 0 Å². The van der Waals surface area contributed by atoms with E-state index < -0.39 is 12.6 Å². The number of carbonyl (C=O) groups excluding carboxylic acids is 1. The number of hydrogen-bond acceptors (Lipinski definition) is 4.